The third-order valence-corrected chi connectivity index (χ3v) is 2.47. The van der Waals surface area contributed by atoms with Gasteiger partial charge in [0.15, 0.2) is 0 Å². The molecule has 0 aliphatic carbocycles. The molecular weight excluding hydrogens is 267 g/mol. The highest BCUT2D eigenvalue weighted by molar-refractivity contribution is 6.17. The van der Waals surface area contributed by atoms with Gasteiger partial charge in [0.25, 0.3) is 0 Å². The fourth-order valence-corrected chi connectivity index (χ4v) is 1.55. The first kappa shape index (κ1) is 15.3. The summed E-state index contributed by atoms with van der Waals surface area (Å²) in [4.78, 5) is 0. The standard InChI is InChI=1S/C12H15ClF3NO/c13-7-10-2-1-3-11(6-10)8-17-4-5-18-9-12(14,15)16/h1-3,6,17H,4-5,7-9H2. The summed E-state index contributed by atoms with van der Waals surface area (Å²) < 4.78 is 39.7. The Bertz CT molecular complexity index is 357. The van der Waals surface area contributed by atoms with E-state index in [1.807, 2.05) is 24.3 Å². The van der Waals surface area contributed by atoms with E-state index in [9.17, 15) is 13.2 Å². The van der Waals surface area contributed by atoms with Gasteiger partial charge in [0, 0.05) is 19.0 Å². The zero-order valence-electron chi connectivity index (χ0n) is 9.77. The first-order chi connectivity index (χ1) is 8.51. The molecule has 0 spiro atoms. The van der Waals surface area contributed by atoms with Gasteiger partial charge in [0.2, 0.25) is 0 Å². The summed E-state index contributed by atoms with van der Waals surface area (Å²) in [5.74, 6) is 0.447. The molecule has 102 valence electrons. The molecule has 1 N–H and O–H groups in total. The second kappa shape index (κ2) is 7.61. The Labute approximate surface area is 109 Å². The summed E-state index contributed by atoms with van der Waals surface area (Å²) in [5, 5.41) is 3.00. The number of benzene rings is 1. The van der Waals surface area contributed by atoms with Crippen LogP contribution in [0.25, 0.3) is 0 Å². The van der Waals surface area contributed by atoms with E-state index >= 15 is 0 Å². The summed E-state index contributed by atoms with van der Waals surface area (Å²) in [6.45, 7) is -0.202. The maximum Gasteiger partial charge on any atom is 0.411 e. The summed E-state index contributed by atoms with van der Waals surface area (Å²) in [5.41, 5.74) is 2.06. The molecule has 0 unspecified atom stereocenters. The molecule has 0 aliphatic heterocycles. The highest BCUT2D eigenvalue weighted by atomic mass is 35.5. The summed E-state index contributed by atoms with van der Waals surface area (Å²) in [6, 6.07) is 7.70. The van der Waals surface area contributed by atoms with Crippen LogP contribution in [0.3, 0.4) is 0 Å². The van der Waals surface area contributed by atoms with Crippen LogP contribution >= 0.6 is 11.6 Å². The minimum Gasteiger partial charge on any atom is -0.371 e. The molecule has 1 rings (SSSR count). The second-order valence-corrected chi connectivity index (χ2v) is 4.07. The van der Waals surface area contributed by atoms with Gasteiger partial charge in [-0.1, -0.05) is 24.3 Å². The van der Waals surface area contributed by atoms with E-state index in [1.54, 1.807) is 0 Å². The van der Waals surface area contributed by atoms with E-state index in [1.165, 1.54) is 0 Å². The van der Waals surface area contributed by atoms with E-state index in [0.717, 1.165) is 11.1 Å². The molecule has 0 bridgehead atoms. The molecule has 1 aromatic rings. The van der Waals surface area contributed by atoms with Crippen molar-refractivity contribution in [3.05, 3.63) is 35.4 Å². The maximum atomic E-state index is 11.8. The molecule has 0 heterocycles. The van der Waals surface area contributed by atoms with Crippen LogP contribution in [0.5, 0.6) is 0 Å². The summed E-state index contributed by atoms with van der Waals surface area (Å²) in [6.07, 6.45) is -4.26. The van der Waals surface area contributed by atoms with Gasteiger partial charge in [0.1, 0.15) is 6.61 Å². The lowest BCUT2D eigenvalue weighted by molar-refractivity contribution is -0.173. The van der Waals surface area contributed by atoms with E-state index in [0.29, 0.717) is 19.0 Å². The number of ether oxygens (including phenoxy) is 1. The molecule has 0 saturated carbocycles. The number of hydrogen-bond donors (Lipinski definition) is 1. The van der Waals surface area contributed by atoms with E-state index < -0.39 is 12.8 Å². The number of hydrogen-bond acceptors (Lipinski definition) is 2. The average Bonchev–Trinajstić information content (AvgIpc) is 2.32. The van der Waals surface area contributed by atoms with Gasteiger partial charge >= 0.3 is 6.18 Å². The van der Waals surface area contributed by atoms with E-state index in [4.69, 9.17) is 11.6 Å². The van der Waals surface area contributed by atoms with Crippen LogP contribution in [-0.2, 0) is 17.2 Å². The number of rotatable bonds is 7. The molecule has 0 atom stereocenters. The normalized spacial score (nSPS) is 11.8. The van der Waals surface area contributed by atoms with Gasteiger partial charge < -0.3 is 10.1 Å². The molecule has 0 fully saturated rings. The Hall–Kier alpha value is -0.780. The molecule has 0 aromatic heterocycles. The predicted octanol–water partition coefficient (Wildman–Crippen LogP) is 3.09. The van der Waals surface area contributed by atoms with Gasteiger partial charge in [0.05, 0.1) is 6.61 Å². The summed E-state index contributed by atoms with van der Waals surface area (Å²) >= 11 is 5.70. The number of halogens is 4. The molecule has 18 heavy (non-hydrogen) atoms. The van der Waals surface area contributed by atoms with Crippen LogP contribution in [0, 0.1) is 0 Å². The Kier molecular flexibility index (Phi) is 6.46. The van der Waals surface area contributed by atoms with Crippen molar-refractivity contribution in [2.45, 2.75) is 18.6 Å². The molecule has 0 amide bonds. The van der Waals surface area contributed by atoms with Crippen molar-refractivity contribution in [1.29, 1.82) is 0 Å². The third kappa shape index (κ3) is 6.83. The smallest absolute Gasteiger partial charge is 0.371 e. The molecule has 1 aromatic carbocycles. The molecule has 6 heteroatoms. The first-order valence-corrected chi connectivity index (χ1v) is 6.04. The average molecular weight is 282 g/mol. The Morgan fingerprint density at radius 1 is 1.22 bits per heavy atom. The SMILES string of the molecule is FC(F)(F)COCCNCc1cccc(CCl)c1. The lowest BCUT2D eigenvalue weighted by Gasteiger charge is -2.09. The van der Waals surface area contributed by atoms with Gasteiger partial charge in [-0.25, -0.2) is 0 Å². The second-order valence-electron chi connectivity index (χ2n) is 3.80. The van der Waals surface area contributed by atoms with Gasteiger partial charge in [-0.2, -0.15) is 13.2 Å². The Balaban J connectivity index is 2.14. The number of nitrogens with one attached hydrogen (secondary N) is 1. The fraction of sp³-hybridized carbons (Fsp3) is 0.500. The van der Waals surface area contributed by atoms with Gasteiger partial charge in [-0.05, 0) is 11.1 Å². The van der Waals surface area contributed by atoms with Crippen molar-refractivity contribution >= 4 is 11.6 Å². The monoisotopic (exact) mass is 281 g/mol. The van der Waals surface area contributed by atoms with Crippen LogP contribution in [0.1, 0.15) is 11.1 Å². The number of alkyl halides is 4. The maximum absolute atomic E-state index is 11.8. The molecule has 0 saturated heterocycles. The zero-order valence-corrected chi connectivity index (χ0v) is 10.5. The highest BCUT2D eigenvalue weighted by Crippen LogP contribution is 2.14. The van der Waals surface area contributed by atoms with Crippen molar-refractivity contribution < 1.29 is 17.9 Å². The summed E-state index contributed by atoms with van der Waals surface area (Å²) in [7, 11) is 0. The van der Waals surface area contributed by atoms with Gasteiger partial charge in [-0.3, -0.25) is 0 Å². The van der Waals surface area contributed by atoms with Crippen molar-refractivity contribution in [2.24, 2.45) is 0 Å². The molecule has 0 aliphatic rings. The molecular formula is C12H15ClF3NO. The van der Waals surface area contributed by atoms with Crippen LogP contribution in [0.4, 0.5) is 13.2 Å². The van der Waals surface area contributed by atoms with E-state index in [2.05, 4.69) is 10.1 Å². The Morgan fingerprint density at radius 3 is 2.61 bits per heavy atom. The third-order valence-electron chi connectivity index (χ3n) is 2.16. The lowest BCUT2D eigenvalue weighted by Crippen LogP contribution is -2.23. The van der Waals surface area contributed by atoms with Crippen LogP contribution in [0.15, 0.2) is 24.3 Å². The lowest BCUT2D eigenvalue weighted by atomic mass is 10.1. The predicted molar refractivity (Wildman–Crippen MR) is 64.6 cm³/mol. The Morgan fingerprint density at radius 2 is 1.94 bits per heavy atom. The fourth-order valence-electron chi connectivity index (χ4n) is 1.39. The van der Waals surface area contributed by atoms with Crippen LogP contribution in [-0.4, -0.2) is 25.9 Å². The minimum atomic E-state index is -4.26. The van der Waals surface area contributed by atoms with Crippen LogP contribution in [0.2, 0.25) is 0 Å². The quantitative estimate of drug-likeness (QED) is 0.612. The molecule has 2 nitrogen and oxygen atoms in total. The topological polar surface area (TPSA) is 21.3 Å². The van der Waals surface area contributed by atoms with Gasteiger partial charge in [-0.15, -0.1) is 11.6 Å². The van der Waals surface area contributed by atoms with E-state index in [-0.39, 0.29) is 6.61 Å². The molecule has 0 radical (unpaired) electrons. The highest BCUT2D eigenvalue weighted by Gasteiger charge is 2.27. The van der Waals surface area contributed by atoms with Crippen molar-refractivity contribution in [1.82, 2.24) is 5.32 Å². The van der Waals surface area contributed by atoms with Crippen molar-refractivity contribution in [3.63, 3.8) is 0 Å². The van der Waals surface area contributed by atoms with Crippen molar-refractivity contribution in [2.75, 3.05) is 19.8 Å². The van der Waals surface area contributed by atoms with Crippen molar-refractivity contribution in [3.8, 4) is 0 Å². The minimum absolute atomic E-state index is 0.0364. The van der Waals surface area contributed by atoms with Crippen LogP contribution < -0.4 is 5.32 Å². The zero-order chi connectivity index (χ0) is 13.4. The first-order valence-electron chi connectivity index (χ1n) is 5.50. The largest absolute Gasteiger partial charge is 0.411 e.